The first-order valence-corrected chi connectivity index (χ1v) is 8.56. The molecule has 0 aromatic heterocycles. The van der Waals surface area contributed by atoms with Gasteiger partial charge in [0.2, 0.25) is 0 Å². The third-order valence-corrected chi connectivity index (χ3v) is 4.51. The molecular formula is C15H15ClFNO2S. The minimum absolute atomic E-state index is 0.187. The van der Waals surface area contributed by atoms with Crippen LogP contribution < -0.4 is 5.32 Å². The molecule has 0 aliphatic heterocycles. The first-order valence-electron chi connectivity index (χ1n) is 6.29. The van der Waals surface area contributed by atoms with Gasteiger partial charge in [-0.1, -0.05) is 23.7 Å². The lowest BCUT2D eigenvalue weighted by Gasteiger charge is -2.17. The summed E-state index contributed by atoms with van der Waals surface area (Å²) in [6.45, 7) is 1.87. The fraction of sp³-hybridized carbons (Fsp3) is 0.200. The number of halogens is 2. The molecule has 1 unspecified atom stereocenters. The van der Waals surface area contributed by atoms with E-state index >= 15 is 0 Å². The van der Waals surface area contributed by atoms with Crippen molar-refractivity contribution < 1.29 is 12.8 Å². The van der Waals surface area contributed by atoms with Crippen LogP contribution in [0.2, 0.25) is 5.02 Å². The number of rotatable bonds is 4. The van der Waals surface area contributed by atoms with Crippen molar-refractivity contribution in [1.82, 2.24) is 0 Å². The van der Waals surface area contributed by atoms with E-state index in [2.05, 4.69) is 5.32 Å². The molecule has 0 amide bonds. The van der Waals surface area contributed by atoms with Crippen LogP contribution in [0, 0.1) is 5.82 Å². The number of sulfone groups is 1. The molecule has 0 heterocycles. The quantitative estimate of drug-likeness (QED) is 0.921. The Kier molecular flexibility index (Phi) is 4.54. The lowest BCUT2D eigenvalue weighted by Crippen LogP contribution is -2.08. The van der Waals surface area contributed by atoms with E-state index in [1.54, 1.807) is 24.3 Å². The topological polar surface area (TPSA) is 46.2 Å². The van der Waals surface area contributed by atoms with Gasteiger partial charge in [-0.25, -0.2) is 12.8 Å². The molecule has 0 fully saturated rings. The fourth-order valence-electron chi connectivity index (χ4n) is 2.00. The molecule has 0 aliphatic rings. The average Bonchev–Trinajstić information content (AvgIpc) is 2.37. The highest BCUT2D eigenvalue weighted by Crippen LogP contribution is 2.27. The van der Waals surface area contributed by atoms with Gasteiger partial charge in [-0.15, -0.1) is 0 Å². The Bertz CT molecular complexity index is 762. The summed E-state index contributed by atoms with van der Waals surface area (Å²) in [5.41, 5.74) is 1.40. The average molecular weight is 328 g/mol. The van der Waals surface area contributed by atoms with Crippen molar-refractivity contribution in [2.24, 2.45) is 0 Å². The molecule has 2 aromatic carbocycles. The molecule has 0 saturated heterocycles. The molecule has 0 radical (unpaired) electrons. The van der Waals surface area contributed by atoms with Gasteiger partial charge < -0.3 is 5.32 Å². The van der Waals surface area contributed by atoms with Crippen LogP contribution in [-0.2, 0) is 9.84 Å². The number of anilines is 1. The molecule has 112 valence electrons. The summed E-state index contributed by atoms with van der Waals surface area (Å²) in [5, 5.41) is 3.49. The highest BCUT2D eigenvalue weighted by molar-refractivity contribution is 7.90. The van der Waals surface area contributed by atoms with Crippen molar-refractivity contribution in [3.8, 4) is 0 Å². The van der Waals surface area contributed by atoms with Crippen LogP contribution in [0.15, 0.2) is 47.4 Å². The lowest BCUT2D eigenvalue weighted by atomic mass is 10.1. The highest BCUT2D eigenvalue weighted by Gasteiger charge is 2.12. The summed E-state index contributed by atoms with van der Waals surface area (Å²) in [6, 6.07) is 10.5. The first-order chi connectivity index (χ1) is 9.77. The van der Waals surface area contributed by atoms with E-state index < -0.39 is 15.7 Å². The monoisotopic (exact) mass is 327 g/mol. The van der Waals surface area contributed by atoms with Crippen molar-refractivity contribution in [2.45, 2.75) is 17.9 Å². The second kappa shape index (κ2) is 6.03. The lowest BCUT2D eigenvalue weighted by molar-refractivity contribution is 0.602. The number of hydrogen-bond donors (Lipinski definition) is 1. The maximum absolute atomic E-state index is 13.1. The Hall–Kier alpha value is -1.59. The molecule has 0 saturated carbocycles. The minimum Gasteiger partial charge on any atom is -0.378 e. The second-order valence-electron chi connectivity index (χ2n) is 4.83. The van der Waals surface area contributed by atoms with Crippen LogP contribution in [-0.4, -0.2) is 14.7 Å². The Morgan fingerprint density at radius 2 is 1.90 bits per heavy atom. The van der Waals surface area contributed by atoms with Gasteiger partial charge in [0.1, 0.15) is 5.82 Å². The van der Waals surface area contributed by atoms with Gasteiger partial charge in [-0.2, -0.15) is 0 Å². The molecule has 3 nitrogen and oxygen atoms in total. The SMILES string of the molecule is CC(Nc1cccc(S(C)(=O)=O)c1)c1ccc(F)cc1Cl. The Labute approximate surface area is 128 Å². The Morgan fingerprint density at radius 1 is 1.19 bits per heavy atom. The van der Waals surface area contributed by atoms with Gasteiger partial charge in [-0.3, -0.25) is 0 Å². The summed E-state index contributed by atoms with van der Waals surface area (Å²) in [6.07, 6.45) is 1.16. The van der Waals surface area contributed by atoms with E-state index in [0.717, 1.165) is 11.8 Å². The van der Waals surface area contributed by atoms with Gasteiger partial charge in [0, 0.05) is 23.0 Å². The third-order valence-electron chi connectivity index (χ3n) is 3.07. The van der Waals surface area contributed by atoms with Crippen LogP contribution in [0.1, 0.15) is 18.5 Å². The molecule has 1 N–H and O–H groups in total. The van der Waals surface area contributed by atoms with E-state index in [-0.39, 0.29) is 10.9 Å². The van der Waals surface area contributed by atoms with E-state index in [0.29, 0.717) is 10.7 Å². The maximum atomic E-state index is 13.1. The number of hydrogen-bond acceptors (Lipinski definition) is 3. The predicted molar refractivity (Wildman–Crippen MR) is 83.0 cm³/mol. The van der Waals surface area contributed by atoms with E-state index in [4.69, 9.17) is 11.6 Å². The largest absolute Gasteiger partial charge is 0.378 e. The first kappa shape index (κ1) is 15.8. The van der Waals surface area contributed by atoms with E-state index in [1.807, 2.05) is 6.92 Å². The van der Waals surface area contributed by atoms with Gasteiger partial charge >= 0.3 is 0 Å². The Morgan fingerprint density at radius 3 is 2.52 bits per heavy atom. The summed E-state index contributed by atoms with van der Waals surface area (Å²) in [5.74, 6) is -0.393. The van der Waals surface area contributed by atoms with Crippen LogP contribution in [0.4, 0.5) is 10.1 Å². The summed E-state index contributed by atoms with van der Waals surface area (Å²) in [7, 11) is -3.26. The normalized spacial score (nSPS) is 13.0. The minimum atomic E-state index is -3.26. The third kappa shape index (κ3) is 3.95. The van der Waals surface area contributed by atoms with Crippen molar-refractivity contribution in [2.75, 3.05) is 11.6 Å². The summed E-state index contributed by atoms with van der Waals surface area (Å²) in [4.78, 5) is 0.241. The molecular weight excluding hydrogens is 313 g/mol. The summed E-state index contributed by atoms with van der Waals surface area (Å²) >= 11 is 6.02. The zero-order valence-electron chi connectivity index (χ0n) is 11.6. The zero-order chi connectivity index (χ0) is 15.6. The number of nitrogens with one attached hydrogen (secondary N) is 1. The van der Waals surface area contributed by atoms with Gasteiger partial charge in [0.25, 0.3) is 0 Å². The maximum Gasteiger partial charge on any atom is 0.175 e. The molecule has 1 atom stereocenters. The smallest absolute Gasteiger partial charge is 0.175 e. The molecule has 2 aromatic rings. The van der Waals surface area contributed by atoms with Crippen LogP contribution >= 0.6 is 11.6 Å². The standard InChI is InChI=1S/C15H15ClFNO2S/c1-10(14-7-6-11(17)8-15(14)16)18-12-4-3-5-13(9-12)21(2,19)20/h3-10,18H,1-2H3. The van der Waals surface area contributed by atoms with Crippen LogP contribution in [0.25, 0.3) is 0 Å². The van der Waals surface area contributed by atoms with Crippen molar-refractivity contribution in [1.29, 1.82) is 0 Å². The van der Waals surface area contributed by atoms with E-state index in [9.17, 15) is 12.8 Å². The molecule has 2 rings (SSSR count). The van der Waals surface area contributed by atoms with E-state index in [1.165, 1.54) is 18.2 Å². The van der Waals surface area contributed by atoms with Gasteiger partial charge in [0.05, 0.1) is 4.90 Å². The predicted octanol–water partition coefficient (Wildman–Crippen LogP) is 4.06. The highest BCUT2D eigenvalue weighted by atomic mass is 35.5. The van der Waals surface area contributed by atoms with Gasteiger partial charge in [-0.05, 0) is 42.8 Å². The zero-order valence-corrected chi connectivity index (χ0v) is 13.2. The van der Waals surface area contributed by atoms with Crippen molar-refractivity contribution in [3.05, 3.63) is 58.9 Å². The second-order valence-corrected chi connectivity index (χ2v) is 7.25. The molecule has 0 aliphatic carbocycles. The molecule has 6 heteroatoms. The van der Waals surface area contributed by atoms with Gasteiger partial charge in [0.15, 0.2) is 9.84 Å². The molecule has 21 heavy (non-hydrogen) atoms. The summed E-state index contributed by atoms with van der Waals surface area (Å²) < 4.78 is 36.1. The fourth-order valence-corrected chi connectivity index (χ4v) is 2.99. The van der Waals surface area contributed by atoms with Crippen LogP contribution in [0.3, 0.4) is 0 Å². The molecule has 0 spiro atoms. The van der Waals surface area contributed by atoms with Crippen LogP contribution in [0.5, 0.6) is 0 Å². The molecule has 0 bridgehead atoms. The van der Waals surface area contributed by atoms with Crippen molar-refractivity contribution in [3.63, 3.8) is 0 Å². The van der Waals surface area contributed by atoms with Crippen molar-refractivity contribution >= 4 is 27.1 Å². The number of benzene rings is 2. The Balaban J connectivity index is 2.25.